The zero-order chi connectivity index (χ0) is 11.5. The summed E-state index contributed by atoms with van der Waals surface area (Å²) in [6, 6.07) is 3.76. The van der Waals surface area contributed by atoms with Crippen molar-refractivity contribution < 1.29 is 4.52 Å². The summed E-state index contributed by atoms with van der Waals surface area (Å²) in [5.41, 5.74) is 0.681. The molecule has 2 heterocycles. The molecule has 0 aliphatic carbocycles. The van der Waals surface area contributed by atoms with E-state index in [1.807, 2.05) is 26.1 Å². The Kier molecular flexibility index (Phi) is 3.31. The smallest absolute Gasteiger partial charge is 0.243 e. The van der Waals surface area contributed by atoms with E-state index in [-0.39, 0.29) is 6.04 Å². The van der Waals surface area contributed by atoms with Gasteiger partial charge in [0.15, 0.2) is 0 Å². The van der Waals surface area contributed by atoms with Crippen LogP contribution >= 0.6 is 15.9 Å². The van der Waals surface area contributed by atoms with Crippen LogP contribution in [0.5, 0.6) is 0 Å². The third kappa shape index (κ3) is 2.12. The van der Waals surface area contributed by atoms with Crippen molar-refractivity contribution in [1.82, 2.24) is 20.4 Å². The highest BCUT2D eigenvalue weighted by molar-refractivity contribution is 9.10. The Balaban J connectivity index is 2.35. The van der Waals surface area contributed by atoms with Gasteiger partial charge >= 0.3 is 0 Å². The second-order valence-corrected chi connectivity index (χ2v) is 4.15. The number of halogens is 1. The molecule has 0 aliphatic rings. The summed E-state index contributed by atoms with van der Waals surface area (Å²) in [4.78, 5) is 8.47. The first-order valence-corrected chi connectivity index (χ1v) is 5.63. The SMILES string of the molecule is CNC(C)c1nc(-c2ncccc2Br)no1. The lowest BCUT2D eigenvalue weighted by molar-refractivity contribution is 0.347. The number of hydrogen-bond acceptors (Lipinski definition) is 5. The summed E-state index contributed by atoms with van der Waals surface area (Å²) in [6.45, 7) is 1.95. The van der Waals surface area contributed by atoms with E-state index in [0.29, 0.717) is 17.4 Å². The highest BCUT2D eigenvalue weighted by Gasteiger charge is 2.15. The van der Waals surface area contributed by atoms with Gasteiger partial charge in [-0.05, 0) is 42.0 Å². The van der Waals surface area contributed by atoms with Crippen LogP contribution in [0.4, 0.5) is 0 Å². The van der Waals surface area contributed by atoms with Crippen LogP contribution in [-0.4, -0.2) is 22.2 Å². The minimum absolute atomic E-state index is 0.0312. The fourth-order valence-electron chi connectivity index (χ4n) is 1.18. The predicted octanol–water partition coefficient (Wildman–Crippen LogP) is 2.17. The third-order valence-electron chi connectivity index (χ3n) is 2.22. The molecular formula is C10H11BrN4O. The standard InChI is InChI=1S/C10H11BrN4O/c1-6(12-2)10-14-9(15-16-10)8-7(11)4-3-5-13-8/h3-6,12H,1-2H3. The van der Waals surface area contributed by atoms with Gasteiger partial charge in [-0.15, -0.1) is 0 Å². The Morgan fingerprint density at radius 2 is 2.31 bits per heavy atom. The summed E-state index contributed by atoms with van der Waals surface area (Å²) in [5, 5.41) is 6.93. The maximum absolute atomic E-state index is 5.14. The van der Waals surface area contributed by atoms with Crippen molar-refractivity contribution in [2.24, 2.45) is 0 Å². The molecule has 1 N–H and O–H groups in total. The van der Waals surface area contributed by atoms with E-state index in [2.05, 4.69) is 36.4 Å². The zero-order valence-corrected chi connectivity index (χ0v) is 10.5. The van der Waals surface area contributed by atoms with Crippen molar-refractivity contribution in [3.63, 3.8) is 0 Å². The summed E-state index contributed by atoms with van der Waals surface area (Å²) in [7, 11) is 1.84. The Labute approximate surface area is 101 Å². The second kappa shape index (κ2) is 4.71. The highest BCUT2D eigenvalue weighted by Crippen LogP contribution is 2.23. The zero-order valence-electron chi connectivity index (χ0n) is 8.94. The molecule has 0 spiro atoms. The molecule has 2 aromatic rings. The minimum atomic E-state index is 0.0312. The van der Waals surface area contributed by atoms with Crippen molar-refractivity contribution in [1.29, 1.82) is 0 Å². The number of aromatic nitrogens is 3. The van der Waals surface area contributed by atoms with Gasteiger partial charge in [-0.3, -0.25) is 4.98 Å². The monoisotopic (exact) mass is 282 g/mol. The molecule has 1 atom stereocenters. The van der Waals surface area contributed by atoms with Gasteiger partial charge < -0.3 is 9.84 Å². The van der Waals surface area contributed by atoms with E-state index in [4.69, 9.17) is 4.52 Å². The molecule has 2 rings (SSSR count). The molecule has 5 nitrogen and oxygen atoms in total. The molecule has 2 aromatic heterocycles. The Morgan fingerprint density at radius 1 is 1.50 bits per heavy atom. The Morgan fingerprint density at radius 3 is 3.00 bits per heavy atom. The molecule has 0 radical (unpaired) electrons. The average molecular weight is 283 g/mol. The van der Waals surface area contributed by atoms with E-state index in [0.717, 1.165) is 4.47 Å². The first-order chi connectivity index (χ1) is 7.72. The highest BCUT2D eigenvalue weighted by atomic mass is 79.9. The van der Waals surface area contributed by atoms with Crippen LogP contribution in [0.3, 0.4) is 0 Å². The van der Waals surface area contributed by atoms with Crippen molar-refractivity contribution >= 4 is 15.9 Å². The van der Waals surface area contributed by atoms with Gasteiger partial charge in [0.25, 0.3) is 0 Å². The van der Waals surface area contributed by atoms with Crippen molar-refractivity contribution in [2.45, 2.75) is 13.0 Å². The van der Waals surface area contributed by atoms with Gasteiger partial charge in [-0.25, -0.2) is 0 Å². The first kappa shape index (κ1) is 11.2. The van der Waals surface area contributed by atoms with E-state index >= 15 is 0 Å². The summed E-state index contributed by atoms with van der Waals surface area (Å²) in [6.07, 6.45) is 1.69. The lowest BCUT2D eigenvalue weighted by Crippen LogP contribution is -2.12. The number of rotatable bonds is 3. The van der Waals surface area contributed by atoms with Crippen molar-refractivity contribution in [3.05, 3.63) is 28.7 Å². The molecule has 0 aliphatic heterocycles. The Hall–Kier alpha value is -1.27. The van der Waals surface area contributed by atoms with Crippen LogP contribution < -0.4 is 5.32 Å². The van der Waals surface area contributed by atoms with E-state index < -0.39 is 0 Å². The molecule has 0 fully saturated rings. The van der Waals surface area contributed by atoms with Gasteiger partial charge in [-0.2, -0.15) is 4.98 Å². The van der Waals surface area contributed by atoms with Crippen LogP contribution in [0.2, 0.25) is 0 Å². The molecular weight excluding hydrogens is 272 g/mol. The van der Waals surface area contributed by atoms with Crippen LogP contribution in [0.15, 0.2) is 27.3 Å². The van der Waals surface area contributed by atoms with Gasteiger partial charge in [-0.1, -0.05) is 5.16 Å². The summed E-state index contributed by atoms with van der Waals surface area (Å²) in [5.74, 6) is 1.04. The van der Waals surface area contributed by atoms with Gasteiger partial charge in [0, 0.05) is 10.7 Å². The van der Waals surface area contributed by atoms with Crippen molar-refractivity contribution in [3.8, 4) is 11.5 Å². The molecule has 6 heteroatoms. The molecule has 0 bridgehead atoms. The van der Waals surface area contributed by atoms with Crippen LogP contribution in [0, 0.1) is 0 Å². The maximum Gasteiger partial charge on any atom is 0.243 e. The Bertz CT molecular complexity index is 485. The van der Waals surface area contributed by atoms with Gasteiger partial charge in [0.2, 0.25) is 11.7 Å². The second-order valence-electron chi connectivity index (χ2n) is 3.30. The lowest BCUT2D eigenvalue weighted by atomic mass is 10.3. The van der Waals surface area contributed by atoms with Crippen LogP contribution in [0.1, 0.15) is 18.9 Å². The van der Waals surface area contributed by atoms with E-state index in [1.165, 1.54) is 0 Å². The third-order valence-corrected chi connectivity index (χ3v) is 2.86. The van der Waals surface area contributed by atoms with Gasteiger partial charge in [0.1, 0.15) is 5.69 Å². The fraction of sp³-hybridized carbons (Fsp3) is 0.300. The molecule has 0 saturated carbocycles. The first-order valence-electron chi connectivity index (χ1n) is 4.84. The number of nitrogens with zero attached hydrogens (tertiary/aromatic N) is 3. The molecule has 0 saturated heterocycles. The molecule has 84 valence electrons. The number of nitrogens with one attached hydrogen (secondary N) is 1. The van der Waals surface area contributed by atoms with E-state index in [9.17, 15) is 0 Å². The maximum atomic E-state index is 5.14. The normalized spacial score (nSPS) is 12.7. The van der Waals surface area contributed by atoms with E-state index in [1.54, 1.807) is 6.20 Å². The molecule has 0 amide bonds. The lowest BCUT2D eigenvalue weighted by Gasteiger charge is -2.01. The predicted molar refractivity (Wildman–Crippen MR) is 62.7 cm³/mol. The summed E-state index contributed by atoms with van der Waals surface area (Å²) >= 11 is 3.40. The summed E-state index contributed by atoms with van der Waals surface area (Å²) < 4.78 is 5.99. The van der Waals surface area contributed by atoms with Crippen molar-refractivity contribution in [2.75, 3.05) is 7.05 Å². The van der Waals surface area contributed by atoms with Crippen LogP contribution in [0.25, 0.3) is 11.5 Å². The van der Waals surface area contributed by atoms with Crippen LogP contribution in [-0.2, 0) is 0 Å². The topological polar surface area (TPSA) is 63.8 Å². The minimum Gasteiger partial charge on any atom is -0.337 e. The quantitative estimate of drug-likeness (QED) is 0.935. The van der Waals surface area contributed by atoms with Gasteiger partial charge in [0.05, 0.1) is 6.04 Å². The largest absolute Gasteiger partial charge is 0.337 e. The number of pyridine rings is 1. The molecule has 0 aromatic carbocycles. The number of hydrogen-bond donors (Lipinski definition) is 1. The molecule has 1 unspecified atom stereocenters. The molecule has 16 heavy (non-hydrogen) atoms. The fourth-order valence-corrected chi connectivity index (χ4v) is 1.61. The average Bonchev–Trinajstić information content (AvgIpc) is 2.78.